The molecule has 3 aromatic rings. The van der Waals surface area contributed by atoms with Gasteiger partial charge in [-0.25, -0.2) is 0 Å². The van der Waals surface area contributed by atoms with Crippen LogP contribution in [-0.2, 0) is 6.61 Å². The fourth-order valence-corrected chi connectivity index (χ4v) is 2.07. The first kappa shape index (κ1) is 12.2. The van der Waals surface area contributed by atoms with Gasteiger partial charge in [-0.05, 0) is 30.3 Å². The van der Waals surface area contributed by atoms with Gasteiger partial charge in [0.05, 0.1) is 17.1 Å². The van der Waals surface area contributed by atoms with Crippen molar-refractivity contribution in [3.8, 4) is 11.8 Å². The number of nitriles is 1. The number of pyridine rings is 1. The number of aromatic nitrogens is 1. The molecular weight excluding hydrogens is 248 g/mol. The van der Waals surface area contributed by atoms with Crippen LogP contribution in [0.3, 0.4) is 0 Å². The van der Waals surface area contributed by atoms with Crippen LogP contribution in [0.4, 0.5) is 0 Å². The molecule has 0 atom stereocenters. The van der Waals surface area contributed by atoms with E-state index in [4.69, 9.17) is 10.00 Å². The second-order valence-corrected chi connectivity index (χ2v) is 4.42. The number of hydrogen-bond donors (Lipinski definition) is 0. The molecule has 0 aliphatic heterocycles. The van der Waals surface area contributed by atoms with Gasteiger partial charge in [0.1, 0.15) is 12.4 Å². The zero-order valence-corrected chi connectivity index (χ0v) is 10.8. The first-order chi connectivity index (χ1) is 9.86. The summed E-state index contributed by atoms with van der Waals surface area (Å²) in [6.45, 7) is 0.459. The average Bonchev–Trinajstić information content (AvgIpc) is 2.53. The van der Waals surface area contributed by atoms with Crippen LogP contribution in [-0.4, -0.2) is 4.98 Å². The van der Waals surface area contributed by atoms with E-state index in [2.05, 4.69) is 11.1 Å². The molecule has 96 valence electrons. The molecule has 0 aliphatic rings. The zero-order chi connectivity index (χ0) is 13.8. The van der Waals surface area contributed by atoms with Crippen molar-refractivity contribution in [3.05, 3.63) is 71.9 Å². The van der Waals surface area contributed by atoms with E-state index in [9.17, 15) is 0 Å². The van der Waals surface area contributed by atoms with Crippen molar-refractivity contribution < 1.29 is 4.74 Å². The predicted octanol–water partition coefficient (Wildman–Crippen LogP) is 3.69. The summed E-state index contributed by atoms with van der Waals surface area (Å²) in [5, 5.41) is 9.86. The molecular formula is C17H12N2O. The monoisotopic (exact) mass is 260 g/mol. The van der Waals surface area contributed by atoms with Crippen LogP contribution in [0.5, 0.6) is 5.75 Å². The van der Waals surface area contributed by atoms with Crippen LogP contribution in [0.15, 0.2) is 60.8 Å². The van der Waals surface area contributed by atoms with Gasteiger partial charge in [0, 0.05) is 17.1 Å². The van der Waals surface area contributed by atoms with Crippen LogP contribution < -0.4 is 4.74 Å². The lowest BCUT2D eigenvalue weighted by Gasteiger charge is -2.08. The van der Waals surface area contributed by atoms with E-state index >= 15 is 0 Å². The lowest BCUT2D eigenvalue weighted by Crippen LogP contribution is -1.97. The third-order valence-electron chi connectivity index (χ3n) is 3.09. The smallest absolute Gasteiger partial charge is 0.119 e. The second-order valence-electron chi connectivity index (χ2n) is 4.42. The normalized spacial score (nSPS) is 10.2. The molecule has 0 N–H and O–H groups in total. The molecule has 3 nitrogen and oxygen atoms in total. The van der Waals surface area contributed by atoms with E-state index in [0.29, 0.717) is 12.2 Å². The Kier molecular flexibility index (Phi) is 3.30. The minimum atomic E-state index is 0.459. The summed E-state index contributed by atoms with van der Waals surface area (Å²) >= 11 is 0. The van der Waals surface area contributed by atoms with Crippen LogP contribution in [0.1, 0.15) is 11.1 Å². The van der Waals surface area contributed by atoms with E-state index in [-0.39, 0.29) is 0 Å². The fraction of sp³-hybridized carbons (Fsp3) is 0.0588. The number of para-hydroxylation sites is 1. The number of benzene rings is 2. The van der Waals surface area contributed by atoms with Gasteiger partial charge in [0.2, 0.25) is 0 Å². The summed E-state index contributed by atoms with van der Waals surface area (Å²) in [6, 6.07) is 19.2. The Bertz CT molecular complexity index is 768. The van der Waals surface area contributed by atoms with Gasteiger partial charge in [-0.3, -0.25) is 4.98 Å². The molecule has 0 fully saturated rings. The minimum Gasteiger partial charge on any atom is -0.489 e. The van der Waals surface area contributed by atoms with Crippen molar-refractivity contribution in [2.24, 2.45) is 0 Å². The molecule has 0 spiro atoms. The Morgan fingerprint density at radius 1 is 1.00 bits per heavy atom. The number of rotatable bonds is 3. The third-order valence-corrected chi connectivity index (χ3v) is 3.09. The number of fused-ring (bicyclic) bond motifs is 1. The van der Waals surface area contributed by atoms with Gasteiger partial charge in [0.15, 0.2) is 0 Å². The highest BCUT2D eigenvalue weighted by Gasteiger charge is 2.02. The highest BCUT2D eigenvalue weighted by atomic mass is 16.5. The van der Waals surface area contributed by atoms with Crippen LogP contribution in [0.25, 0.3) is 10.9 Å². The number of nitrogens with zero attached hydrogens (tertiary/aromatic N) is 2. The Morgan fingerprint density at radius 2 is 1.80 bits per heavy atom. The van der Waals surface area contributed by atoms with E-state index < -0.39 is 0 Å². The molecule has 0 unspecified atom stereocenters. The second kappa shape index (κ2) is 5.41. The molecule has 2 aromatic carbocycles. The van der Waals surface area contributed by atoms with Crippen molar-refractivity contribution >= 4 is 10.9 Å². The lowest BCUT2D eigenvalue weighted by molar-refractivity contribution is 0.307. The summed E-state index contributed by atoms with van der Waals surface area (Å²) < 4.78 is 5.75. The number of hydrogen-bond acceptors (Lipinski definition) is 3. The maximum Gasteiger partial charge on any atom is 0.119 e. The topological polar surface area (TPSA) is 45.9 Å². The number of ether oxygens (including phenoxy) is 1. The zero-order valence-electron chi connectivity index (χ0n) is 10.8. The summed E-state index contributed by atoms with van der Waals surface area (Å²) in [4.78, 5) is 4.40. The first-order valence-electron chi connectivity index (χ1n) is 6.32. The minimum absolute atomic E-state index is 0.459. The first-order valence-corrected chi connectivity index (χ1v) is 6.32. The highest BCUT2D eigenvalue weighted by molar-refractivity contribution is 5.81. The van der Waals surface area contributed by atoms with E-state index in [1.807, 2.05) is 30.3 Å². The van der Waals surface area contributed by atoms with E-state index in [1.165, 1.54) is 0 Å². The molecule has 0 amide bonds. The SMILES string of the molecule is N#Cc1ccc(OCc2cccc3cccnc23)cc1. The van der Waals surface area contributed by atoms with Crippen molar-refractivity contribution in [2.75, 3.05) is 0 Å². The molecule has 0 saturated heterocycles. The van der Waals surface area contributed by atoms with E-state index in [1.54, 1.807) is 30.5 Å². The Labute approximate surface area is 117 Å². The van der Waals surface area contributed by atoms with Gasteiger partial charge in [-0.1, -0.05) is 24.3 Å². The third kappa shape index (κ3) is 2.45. The Hall–Kier alpha value is -2.86. The van der Waals surface area contributed by atoms with Gasteiger partial charge >= 0.3 is 0 Å². The standard InChI is InChI=1S/C17H12N2O/c18-11-13-6-8-16(9-7-13)20-12-15-4-1-3-14-5-2-10-19-17(14)15/h1-10H,12H2. The maximum absolute atomic E-state index is 8.76. The summed E-state index contributed by atoms with van der Waals surface area (Å²) in [5.41, 5.74) is 2.64. The largest absolute Gasteiger partial charge is 0.489 e. The van der Waals surface area contributed by atoms with Gasteiger partial charge < -0.3 is 4.74 Å². The molecule has 1 heterocycles. The molecule has 3 heteroatoms. The van der Waals surface area contributed by atoms with Crippen molar-refractivity contribution in [3.63, 3.8) is 0 Å². The summed E-state index contributed by atoms with van der Waals surface area (Å²) in [7, 11) is 0. The van der Waals surface area contributed by atoms with Gasteiger partial charge in [0.25, 0.3) is 0 Å². The lowest BCUT2D eigenvalue weighted by atomic mass is 10.1. The van der Waals surface area contributed by atoms with Crippen LogP contribution >= 0.6 is 0 Å². The Morgan fingerprint density at radius 3 is 2.60 bits per heavy atom. The highest BCUT2D eigenvalue weighted by Crippen LogP contribution is 2.19. The van der Waals surface area contributed by atoms with Crippen LogP contribution in [0.2, 0.25) is 0 Å². The van der Waals surface area contributed by atoms with Crippen molar-refractivity contribution in [1.29, 1.82) is 5.26 Å². The maximum atomic E-state index is 8.76. The molecule has 3 rings (SSSR count). The molecule has 0 aliphatic carbocycles. The quantitative estimate of drug-likeness (QED) is 0.721. The molecule has 20 heavy (non-hydrogen) atoms. The average molecular weight is 260 g/mol. The molecule has 1 aromatic heterocycles. The Balaban J connectivity index is 1.81. The van der Waals surface area contributed by atoms with Crippen molar-refractivity contribution in [1.82, 2.24) is 4.98 Å². The molecule has 0 bridgehead atoms. The molecule has 0 saturated carbocycles. The van der Waals surface area contributed by atoms with Gasteiger partial charge in [-0.2, -0.15) is 5.26 Å². The van der Waals surface area contributed by atoms with Gasteiger partial charge in [-0.15, -0.1) is 0 Å². The molecule has 0 radical (unpaired) electrons. The summed E-state index contributed by atoms with van der Waals surface area (Å²) in [5.74, 6) is 0.747. The fourth-order valence-electron chi connectivity index (χ4n) is 2.07. The van der Waals surface area contributed by atoms with Crippen molar-refractivity contribution in [2.45, 2.75) is 6.61 Å². The summed E-state index contributed by atoms with van der Waals surface area (Å²) in [6.07, 6.45) is 1.79. The predicted molar refractivity (Wildman–Crippen MR) is 77.2 cm³/mol. The van der Waals surface area contributed by atoms with Crippen LogP contribution in [0, 0.1) is 11.3 Å². The van der Waals surface area contributed by atoms with E-state index in [0.717, 1.165) is 22.2 Å².